The van der Waals surface area contributed by atoms with E-state index in [0.717, 1.165) is 27.1 Å². The number of rotatable bonds is 5. The summed E-state index contributed by atoms with van der Waals surface area (Å²) in [5.74, 6) is -0.255. The van der Waals surface area contributed by atoms with Crippen molar-refractivity contribution >= 4 is 44.8 Å². The zero-order valence-corrected chi connectivity index (χ0v) is 14.5. The van der Waals surface area contributed by atoms with Gasteiger partial charge in [-0.2, -0.15) is 0 Å². The van der Waals surface area contributed by atoms with E-state index in [2.05, 4.69) is 31.9 Å². The molecule has 2 amide bonds. The van der Waals surface area contributed by atoms with E-state index in [1.54, 1.807) is 24.3 Å². The second-order valence-electron chi connectivity index (χ2n) is 5.14. The van der Waals surface area contributed by atoms with E-state index in [-0.39, 0.29) is 18.4 Å². The van der Waals surface area contributed by atoms with Crippen LogP contribution in [0.5, 0.6) is 0 Å². The van der Waals surface area contributed by atoms with Crippen molar-refractivity contribution < 1.29 is 9.59 Å². The number of amides is 2. The average molecular weight is 376 g/mol. The van der Waals surface area contributed by atoms with E-state index in [0.29, 0.717) is 0 Å². The molecule has 0 spiro atoms. The quantitative estimate of drug-likeness (QED) is 0.744. The standard InChI is InChI=1S/C17H18BrN3O2/c1-11-3-8-16(15(18)9-11)21-17(23)10-19-13-4-6-14(7-5-13)20-12(2)22/h3-9,19H,10H2,1-2H3,(H,20,22)(H,21,23). The Kier molecular flexibility index (Phi) is 5.76. The lowest BCUT2D eigenvalue weighted by Gasteiger charge is -2.10. The number of benzene rings is 2. The molecule has 0 radical (unpaired) electrons. The minimum absolute atomic E-state index is 0.117. The van der Waals surface area contributed by atoms with Crippen LogP contribution in [0.2, 0.25) is 0 Å². The minimum Gasteiger partial charge on any atom is -0.376 e. The van der Waals surface area contributed by atoms with Crippen LogP contribution in [0.15, 0.2) is 46.9 Å². The molecule has 3 N–H and O–H groups in total. The normalized spacial score (nSPS) is 10.0. The van der Waals surface area contributed by atoms with Crippen molar-refractivity contribution in [3.05, 3.63) is 52.5 Å². The third-order valence-electron chi connectivity index (χ3n) is 3.06. The fourth-order valence-electron chi connectivity index (χ4n) is 1.97. The van der Waals surface area contributed by atoms with Gasteiger partial charge in [0, 0.05) is 22.8 Å². The molecule has 0 aliphatic heterocycles. The summed E-state index contributed by atoms with van der Waals surface area (Å²) >= 11 is 3.43. The Bertz CT molecular complexity index is 714. The molecule has 0 heterocycles. The molecule has 0 unspecified atom stereocenters. The number of carbonyl (C=O) groups is 2. The van der Waals surface area contributed by atoms with Crippen molar-refractivity contribution in [2.24, 2.45) is 0 Å². The van der Waals surface area contributed by atoms with Crippen LogP contribution in [0.4, 0.5) is 17.1 Å². The summed E-state index contributed by atoms with van der Waals surface area (Å²) in [6.45, 7) is 3.60. The van der Waals surface area contributed by atoms with Crippen LogP contribution in [-0.4, -0.2) is 18.4 Å². The minimum atomic E-state index is -0.138. The summed E-state index contributed by atoms with van der Waals surface area (Å²) in [6.07, 6.45) is 0. The number of aryl methyl sites for hydroxylation is 1. The highest BCUT2D eigenvalue weighted by molar-refractivity contribution is 9.10. The van der Waals surface area contributed by atoms with Crippen LogP contribution >= 0.6 is 15.9 Å². The summed E-state index contributed by atoms with van der Waals surface area (Å²) in [7, 11) is 0. The topological polar surface area (TPSA) is 70.2 Å². The molecule has 5 nitrogen and oxygen atoms in total. The smallest absolute Gasteiger partial charge is 0.243 e. The molecule has 6 heteroatoms. The maximum absolute atomic E-state index is 12.0. The molecule has 2 rings (SSSR count). The molecule has 120 valence electrons. The predicted molar refractivity (Wildman–Crippen MR) is 96.7 cm³/mol. The van der Waals surface area contributed by atoms with Gasteiger partial charge in [-0.1, -0.05) is 6.07 Å². The summed E-state index contributed by atoms with van der Waals surface area (Å²) in [4.78, 5) is 22.9. The van der Waals surface area contributed by atoms with Crippen LogP contribution in [0.3, 0.4) is 0 Å². The van der Waals surface area contributed by atoms with E-state index in [1.165, 1.54) is 6.92 Å². The van der Waals surface area contributed by atoms with Crippen molar-refractivity contribution in [1.29, 1.82) is 0 Å². The van der Waals surface area contributed by atoms with Crippen molar-refractivity contribution in [2.75, 3.05) is 22.5 Å². The molecule has 0 saturated heterocycles. The highest BCUT2D eigenvalue weighted by Crippen LogP contribution is 2.23. The predicted octanol–water partition coefficient (Wildman–Crippen LogP) is 3.77. The SMILES string of the molecule is CC(=O)Nc1ccc(NCC(=O)Nc2ccc(C)cc2Br)cc1. The van der Waals surface area contributed by atoms with Gasteiger partial charge in [0.15, 0.2) is 0 Å². The molecule has 0 aliphatic rings. The largest absolute Gasteiger partial charge is 0.376 e. The van der Waals surface area contributed by atoms with Gasteiger partial charge >= 0.3 is 0 Å². The molecule has 0 fully saturated rings. The Labute approximate surface area is 143 Å². The molecule has 23 heavy (non-hydrogen) atoms. The maximum atomic E-state index is 12.0. The van der Waals surface area contributed by atoms with E-state index in [9.17, 15) is 9.59 Å². The Balaban J connectivity index is 1.87. The number of hydrogen-bond donors (Lipinski definition) is 3. The van der Waals surface area contributed by atoms with Crippen molar-refractivity contribution in [1.82, 2.24) is 0 Å². The third-order valence-corrected chi connectivity index (χ3v) is 3.71. The number of hydrogen-bond acceptors (Lipinski definition) is 3. The van der Waals surface area contributed by atoms with E-state index in [4.69, 9.17) is 0 Å². The van der Waals surface area contributed by atoms with Gasteiger partial charge in [0.05, 0.1) is 12.2 Å². The number of carbonyl (C=O) groups excluding carboxylic acids is 2. The second kappa shape index (κ2) is 7.78. The average Bonchev–Trinajstić information content (AvgIpc) is 2.49. The van der Waals surface area contributed by atoms with Crippen LogP contribution in [-0.2, 0) is 9.59 Å². The van der Waals surface area contributed by atoms with Crippen LogP contribution in [0, 0.1) is 6.92 Å². The van der Waals surface area contributed by atoms with Gasteiger partial charge in [-0.15, -0.1) is 0 Å². The second-order valence-corrected chi connectivity index (χ2v) is 6.00. The summed E-state index contributed by atoms with van der Waals surface area (Å²) in [5.41, 5.74) is 3.38. The highest BCUT2D eigenvalue weighted by Gasteiger charge is 2.06. The number of halogens is 1. The van der Waals surface area contributed by atoms with Gasteiger partial charge in [0.2, 0.25) is 11.8 Å². The first-order valence-corrected chi connectivity index (χ1v) is 7.91. The van der Waals surface area contributed by atoms with Crippen molar-refractivity contribution in [3.8, 4) is 0 Å². The third kappa shape index (κ3) is 5.41. The zero-order valence-electron chi connectivity index (χ0n) is 12.9. The molecule has 0 saturated carbocycles. The van der Waals surface area contributed by atoms with Gasteiger partial charge in [0.25, 0.3) is 0 Å². The van der Waals surface area contributed by atoms with Gasteiger partial charge < -0.3 is 16.0 Å². The van der Waals surface area contributed by atoms with Crippen molar-refractivity contribution in [2.45, 2.75) is 13.8 Å². The highest BCUT2D eigenvalue weighted by atomic mass is 79.9. The van der Waals surface area contributed by atoms with E-state index < -0.39 is 0 Å². The van der Waals surface area contributed by atoms with E-state index >= 15 is 0 Å². The Morgan fingerprint density at radius 3 is 2.26 bits per heavy atom. The zero-order chi connectivity index (χ0) is 16.8. The Morgan fingerprint density at radius 2 is 1.65 bits per heavy atom. The molecule has 0 aliphatic carbocycles. The fourth-order valence-corrected chi connectivity index (χ4v) is 2.57. The van der Waals surface area contributed by atoms with Gasteiger partial charge in [-0.25, -0.2) is 0 Å². The first-order chi connectivity index (χ1) is 10.9. The van der Waals surface area contributed by atoms with E-state index in [1.807, 2.05) is 25.1 Å². The first-order valence-electron chi connectivity index (χ1n) is 7.11. The summed E-state index contributed by atoms with van der Waals surface area (Å²) in [6, 6.07) is 12.9. The maximum Gasteiger partial charge on any atom is 0.243 e. The molecular formula is C17H18BrN3O2. The van der Waals surface area contributed by atoms with Gasteiger partial charge in [-0.05, 0) is 64.8 Å². The van der Waals surface area contributed by atoms with Crippen LogP contribution in [0.1, 0.15) is 12.5 Å². The Morgan fingerprint density at radius 1 is 1.00 bits per heavy atom. The lowest BCUT2D eigenvalue weighted by atomic mass is 10.2. The van der Waals surface area contributed by atoms with Crippen LogP contribution in [0.25, 0.3) is 0 Å². The van der Waals surface area contributed by atoms with Gasteiger partial charge in [0.1, 0.15) is 0 Å². The first kappa shape index (κ1) is 17.0. The van der Waals surface area contributed by atoms with Crippen molar-refractivity contribution in [3.63, 3.8) is 0 Å². The number of anilines is 3. The van der Waals surface area contributed by atoms with Gasteiger partial charge in [-0.3, -0.25) is 9.59 Å². The monoisotopic (exact) mass is 375 g/mol. The molecule has 0 bridgehead atoms. The molecule has 0 aromatic heterocycles. The molecule has 2 aromatic rings. The summed E-state index contributed by atoms with van der Waals surface area (Å²) in [5, 5.41) is 8.56. The lowest BCUT2D eigenvalue weighted by Crippen LogP contribution is -2.22. The Hall–Kier alpha value is -2.34. The molecule has 2 aromatic carbocycles. The lowest BCUT2D eigenvalue weighted by molar-refractivity contribution is -0.115. The number of nitrogens with one attached hydrogen (secondary N) is 3. The molecule has 0 atom stereocenters. The van der Waals surface area contributed by atoms with Crippen LogP contribution < -0.4 is 16.0 Å². The summed E-state index contributed by atoms with van der Waals surface area (Å²) < 4.78 is 0.852. The molecular weight excluding hydrogens is 358 g/mol. The fraction of sp³-hybridized carbons (Fsp3) is 0.176.